The SMILES string of the molecule is C1=c2c(n(-c3ccccc3)c3cccc(-c4ccc(N(c5ccc(-c6ccccc6)cc5)c5ccc6c7ccccc7n(-c7ccccc7)c6c5)cc4)c23)=CCC1. The van der Waals surface area contributed by atoms with Crippen LogP contribution < -0.4 is 15.5 Å². The summed E-state index contributed by atoms with van der Waals surface area (Å²) in [7, 11) is 0. The van der Waals surface area contributed by atoms with E-state index in [-0.39, 0.29) is 0 Å². The van der Waals surface area contributed by atoms with Gasteiger partial charge in [0.2, 0.25) is 0 Å². The van der Waals surface area contributed by atoms with Gasteiger partial charge in [-0.15, -0.1) is 0 Å². The van der Waals surface area contributed by atoms with E-state index in [1.165, 1.54) is 71.2 Å². The molecule has 3 heteroatoms. The molecular weight excluding hydrogens is 691 g/mol. The Balaban J connectivity index is 1.08. The highest BCUT2D eigenvalue weighted by atomic mass is 15.1. The molecule has 0 aliphatic heterocycles. The number of hydrogen-bond donors (Lipinski definition) is 0. The van der Waals surface area contributed by atoms with Gasteiger partial charge in [0, 0.05) is 55.2 Å². The van der Waals surface area contributed by atoms with Crippen LogP contribution in [0, 0.1) is 0 Å². The van der Waals surface area contributed by atoms with Crippen LogP contribution in [0.25, 0.3) is 78.5 Å². The maximum Gasteiger partial charge on any atom is 0.0561 e. The molecule has 0 saturated heterocycles. The second kappa shape index (κ2) is 13.7. The molecular formula is C54H39N3. The van der Waals surface area contributed by atoms with Crippen molar-refractivity contribution in [3.05, 3.63) is 211 Å². The van der Waals surface area contributed by atoms with E-state index in [1.807, 2.05) is 0 Å². The normalized spacial score (nSPS) is 12.4. The van der Waals surface area contributed by atoms with E-state index < -0.39 is 0 Å². The second-order valence-corrected chi connectivity index (χ2v) is 14.8. The molecule has 0 radical (unpaired) electrons. The summed E-state index contributed by atoms with van der Waals surface area (Å²) in [5, 5.41) is 6.42. The van der Waals surface area contributed by atoms with Crippen LogP contribution in [0.4, 0.5) is 17.1 Å². The number of para-hydroxylation sites is 3. The third kappa shape index (κ3) is 5.58. The molecule has 1 aliphatic rings. The van der Waals surface area contributed by atoms with Gasteiger partial charge in [0.15, 0.2) is 0 Å². The van der Waals surface area contributed by atoms with Gasteiger partial charge in [-0.05, 0) is 108 Å². The average molecular weight is 730 g/mol. The Labute approximate surface area is 331 Å². The van der Waals surface area contributed by atoms with Crippen molar-refractivity contribution >= 4 is 61.9 Å². The fraction of sp³-hybridized carbons (Fsp3) is 0.0370. The number of hydrogen-bond acceptors (Lipinski definition) is 1. The van der Waals surface area contributed by atoms with Gasteiger partial charge in [-0.25, -0.2) is 0 Å². The minimum atomic E-state index is 1.06. The van der Waals surface area contributed by atoms with Gasteiger partial charge >= 0.3 is 0 Å². The van der Waals surface area contributed by atoms with E-state index in [0.29, 0.717) is 0 Å². The third-order valence-corrected chi connectivity index (χ3v) is 11.5. The van der Waals surface area contributed by atoms with Crippen LogP contribution in [0.15, 0.2) is 200 Å². The van der Waals surface area contributed by atoms with E-state index in [1.54, 1.807) is 0 Å². The van der Waals surface area contributed by atoms with Crippen molar-refractivity contribution in [3.63, 3.8) is 0 Å². The first-order valence-electron chi connectivity index (χ1n) is 19.8. The monoisotopic (exact) mass is 729 g/mol. The lowest BCUT2D eigenvalue weighted by Gasteiger charge is -2.26. The molecule has 8 aromatic carbocycles. The number of rotatable bonds is 7. The summed E-state index contributed by atoms with van der Waals surface area (Å²) in [5.41, 5.74) is 14.1. The number of benzene rings is 8. The zero-order chi connectivity index (χ0) is 37.7. The minimum Gasteiger partial charge on any atom is -0.310 e. The molecule has 0 atom stereocenters. The summed E-state index contributed by atoms with van der Waals surface area (Å²) in [4.78, 5) is 2.39. The summed E-state index contributed by atoms with van der Waals surface area (Å²) < 4.78 is 4.83. The molecule has 2 aromatic heterocycles. The lowest BCUT2D eigenvalue weighted by Crippen LogP contribution is -2.30. The number of aromatic nitrogens is 2. The Hall–Kier alpha value is -7.36. The van der Waals surface area contributed by atoms with E-state index in [2.05, 4.69) is 226 Å². The van der Waals surface area contributed by atoms with Gasteiger partial charge in [-0.1, -0.05) is 140 Å². The predicted molar refractivity (Wildman–Crippen MR) is 241 cm³/mol. The Morgan fingerprint density at radius 3 is 1.63 bits per heavy atom. The summed E-state index contributed by atoms with van der Waals surface area (Å²) in [6.07, 6.45) is 6.95. The van der Waals surface area contributed by atoms with Crippen LogP contribution >= 0.6 is 0 Å². The van der Waals surface area contributed by atoms with E-state index >= 15 is 0 Å². The molecule has 0 N–H and O–H groups in total. The van der Waals surface area contributed by atoms with Gasteiger partial charge in [-0.2, -0.15) is 0 Å². The quantitative estimate of drug-likeness (QED) is 0.159. The fourth-order valence-corrected chi connectivity index (χ4v) is 8.96. The molecule has 0 spiro atoms. The fourth-order valence-electron chi connectivity index (χ4n) is 8.96. The van der Waals surface area contributed by atoms with Crippen LogP contribution in [0.2, 0.25) is 0 Å². The zero-order valence-corrected chi connectivity index (χ0v) is 31.5. The third-order valence-electron chi connectivity index (χ3n) is 11.5. The first-order valence-corrected chi connectivity index (χ1v) is 19.8. The standard InChI is InChI=1S/C54H39N3/c1-4-15-38(16-5-1)39-27-31-43(32-28-39)55(45-35-36-48-47-21-10-12-24-50(47)57(53(48)37-45)42-19-8-3-9-20-42)44-33-29-40(30-34-44)46-23-14-26-52-54(46)49-22-11-13-25-51(49)56(52)41-17-6-2-7-18-41/h1-10,12,14-37H,11,13H2. The van der Waals surface area contributed by atoms with Crippen molar-refractivity contribution < 1.29 is 0 Å². The largest absolute Gasteiger partial charge is 0.310 e. The molecule has 0 saturated carbocycles. The molecule has 2 heterocycles. The van der Waals surface area contributed by atoms with Crippen LogP contribution in [0.5, 0.6) is 0 Å². The van der Waals surface area contributed by atoms with Crippen molar-refractivity contribution in [3.8, 4) is 33.6 Å². The van der Waals surface area contributed by atoms with Gasteiger partial charge in [0.25, 0.3) is 0 Å². The Morgan fingerprint density at radius 1 is 0.368 bits per heavy atom. The number of nitrogens with zero attached hydrogens (tertiary/aromatic N) is 3. The van der Waals surface area contributed by atoms with Crippen molar-refractivity contribution in [2.75, 3.05) is 4.90 Å². The lowest BCUT2D eigenvalue weighted by molar-refractivity contribution is 1.02. The molecule has 0 fully saturated rings. The molecule has 270 valence electrons. The maximum absolute atomic E-state index is 2.43. The lowest BCUT2D eigenvalue weighted by atomic mass is 9.98. The van der Waals surface area contributed by atoms with Gasteiger partial charge in [0.1, 0.15) is 0 Å². The van der Waals surface area contributed by atoms with Crippen molar-refractivity contribution in [1.82, 2.24) is 9.13 Å². The van der Waals surface area contributed by atoms with Crippen LogP contribution in [-0.4, -0.2) is 9.13 Å². The van der Waals surface area contributed by atoms with Crippen LogP contribution in [-0.2, 0) is 0 Å². The van der Waals surface area contributed by atoms with Crippen LogP contribution in [0.1, 0.15) is 12.8 Å². The van der Waals surface area contributed by atoms with E-state index in [9.17, 15) is 0 Å². The molecule has 57 heavy (non-hydrogen) atoms. The molecule has 10 aromatic rings. The topological polar surface area (TPSA) is 13.1 Å². The first kappa shape index (κ1) is 33.0. The summed E-state index contributed by atoms with van der Waals surface area (Å²) >= 11 is 0. The van der Waals surface area contributed by atoms with E-state index in [4.69, 9.17) is 0 Å². The number of anilines is 3. The van der Waals surface area contributed by atoms with Crippen LogP contribution in [0.3, 0.4) is 0 Å². The minimum absolute atomic E-state index is 1.06. The number of fused-ring (bicyclic) bond motifs is 6. The highest BCUT2D eigenvalue weighted by Gasteiger charge is 2.19. The molecule has 0 bridgehead atoms. The van der Waals surface area contributed by atoms with E-state index in [0.717, 1.165) is 35.6 Å². The molecule has 1 aliphatic carbocycles. The Kier molecular flexibility index (Phi) is 7.96. The summed E-state index contributed by atoms with van der Waals surface area (Å²) in [5.74, 6) is 0. The Morgan fingerprint density at radius 2 is 0.912 bits per heavy atom. The second-order valence-electron chi connectivity index (χ2n) is 14.8. The summed E-state index contributed by atoms with van der Waals surface area (Å²) in [6.45, 7) is 0. The van der Waals surface area contributed by atoms with Crippen molar-refractivity contribution in [2.45, 2.75) is 12.8 Å². The van der Waals surface area contributed by atoms with Gasteiger partial charge in [-0.3, -0.25) is 0 Å². The van der Waals surface area contributed by atoms with Crippen molar-refractivity contribution in [2.24, 2.45) is 0 Å². The predicted octanol–water partition coefficient (Wildman–Crippen LogP) is 12.9. The zero-order valence-electron chi connectivity index (χ0n) is 31.5. The molecule has 0 unspecified atom stereocenters. The molecule has 3 nitrogen and oxygen atoms in total. The molecule has 0 amide bonds. The maximum atomic E-state index is 2.43. The van der Waals surface area contributed by atoms with Gasteiger partial charge < -0.3 is 14.0 Å². The summed E-state index contributed by atoms with van der Waals surface area (Å²) in [6, 6.07) is 72.6. The average Bonchev–Trinajstić information content (AvgIpc) is 3.81. The first-order chi connectivity index (χ1) is 28.3. The highest BCUT2D eigenvalue weighted by molar-refractivity contribution is 6.10. The molecule has 11 rings (SSSR count). The Bertz CT molecular complexity index is 3190. The smallest absolute Gasteiger partial charge is 0.0561 e. The highest BCUT2D eigenvalue weighted by Crippen LogP contribution is 2.41. The van der Waals surface area contributed by atoms with Crippen molar-refractivity contribution in [1.29, 1.82) is 0 Å². The van der Waals surface area contributed by atoms with Gasteiger partial charge in [0.05, 0.1) is 16.6 Å².